The Labute approximate surface area is 71.1 Å². The zero-order valence-electron chi connectivity index (χ0n) is 6.77. The second-order valence-electron chi connectivity index (χ2n) is 2.67. The van der Waals surface area contributed by atoms with Crippen LogP contribution >= 0.6 is 0 Å². The minimum absolute atomic E-state index is 0.114. The highest BCUT2D eigenvalue weighted by atomic mass is 32.2. The minimum Gasteiger partial charge on any atom is -0.382 e. The predicted molar refractivity (Wildman–Crippen MR) is 46.4 cm³/mol. The summed E-state index contributed by atoms with van der Waals surface area (Å²) in [5, 5.41) is 0. The lowest BCUT2D eigenvalue weighted by atomic mass is 10.7. The Morgan fingerprint density at radius 3 is 2.75 bits per heavy atom. The lowest BCUT2D eigenvalue weighted by Gasteiger charge is -1.98. The van der Waals surface area contributed by atoms with Gasteiger partial charge in [-0.1, -0.05) is 0 Å². The normalized spacial score (nSPS) is 11.8. The number of aryl methyl sites for hydroxylation is 1. The summed E-state index contributed by atoms with van der Waals surface area (Å²) in [4.78, 5) is 3.76. The molecule has 1 aromatic heterocycles. The summed E-state index contributed by atoms with van der Waals surface area (Å²) in [6, 6.07) is 0. The summed E-state index contributed by atoms with van der Waals surface area (Å²) in [6.07, 6.45) is 4.32. The van der Waals surface area contributed by atoms with Gasteiger partial charge in [0.2, 0.25) is 0 Å². The first-order valence-corrected chi connectivity index (χ1v) is 5.48. The van der Waals surface area contributed by atoms with Crippen LogP contribution < -0.4 is 5.73 Å². The van der Waals surface area contributed by atoms with E-state index >= 15 is 0 Å². The fourth-order valence-electron chi connectivity index (χ4n) is 0.771. The van der Waals surface area contributed by atoms with E-state index in [1.54, 1.807) is 10.8 Å². The molecule has 1 heterocycles. The second kappa shape index (κ2) is 3.14. The van der Waals surface area contributed by atoms with Crippen molar-refractivity contribution in [3.8, 4) is 0 Å². The Morgan fingerprint density at radius 2 is 2.33 bits per heavy atom. The molecule has 0 aliphatic carbocycles. The Balaban J connectivity index is 2.55. The number of hydrogen-bond acceptors (Lipinski definition) is 4. The van der Waals surface area contributed by atoms with Gasteiger partial charge in [0, 0.05) is 19.0 Å². The van der Waals surface area contributed by atoms with Crippen LogP contribution in [0.2, 0.25) is 0 Å². The van der Waals surface area contributed by atoms with E-state index in [0.29, 0.717) is 12.4 Å². The lowest BCUT2D eigenvalue weighted by Crippen LogP contribution is -2.09. The number of nitrogens with zero attached hydrogens (tertiary/aromatic N) is 2. The fourth-order valence-corrected chi connectivity index (χ4v) is 1.31. The lowest BCUT2D eigenvalue weighted by molar-refractivity contribution is 0.594. The van der Waals surface area contributed by atoms with E-state index in [-0.39, 0.29) is 5.75 Å². The fraction of sp³-hybridized carbons (Fsp3) is 0.500. The van der Waals surface area contributed by atoms with E-state index in [1.165, 1.54) is 12.6 Å². The molecule has 5 nitrogen and oxygen atoms in total. The van der Waals surface area contributed by atoms with Crippen LogP contribution in [0.15, 0.2) is 12.5 Å². The summed E-state index contributed by atoms with van der Waals surface area (Å²) in [5.41, 5.74) is 5.34. The molecule has 1 aromatic rings. The van der Waals surface area contributed by atoms with Crippen molar-refractivity contribution >= 4 is 15.7 Å². The van der Waals surface area contributed by atoms with Gasteiger partial charge in [-0.25, -0.2) is 13.4 Å². The molecular weight excluding hydrogens is 178 g/mol. The molecule has 0 saturated heterocycles. The standard InChI is InChI=1S/C6H11N3O2S/c1-12(10,11)3-2-9-4-6(7)8-5-9/h4-5H,2-3,7H2,1H3. The number of aromatic nitrogens is 2. The monoisotopic (exact) mass is 189 g/mol. The molecule has 0 spiro atoms. The van der Waals surface area contributed by atoms with E-state index in [2.05, 4.69) is 4.98 Å². The Hall–Kier alpha value is -1.04. The van der Waals surface area contributed by atoms with Crippen molar-refractivity contribution in [2.45, 2.75) is 6.54 Å². The molecule has 0 radical (unpaired) electrons. The third kappa shape index (κ3) is 2.91. The highest BCUT2D eigenvalue weighted by Crippen LogP contribution is 1.97. The van der Waals surface area contributed by atoms with Crippen molar-refractivity contribution in [2.75, 3.05) is 17.7 Å². The van der Waals surface area contributed by atoms with Gasteiger partial charge in [-0.05, 0) is 0 Å². The molecule has 2 N–H and O–H groups in total. The van der Waals surface area contributed by atoms with Gasteiger partial charge >= 0.3 is 0 Å². The Morgan fingerprint density at radius 1 is 1.67 bits per heavy atom. The number of nitrogen functional groups attached to an aromatic ring is 1. The largest absolute Gasteiger partial charge is 0.382 e. The van der Waals surface area contributed by atoms with E-state index in [0.717, 1.165) is 0 Å². The molecule has 1 rings (SSSR count). The number of sulfone groups is 1. The first-order valence-electron chi connectivity index (χ1n) is 3.42. The summed E-state index contributed by atoms with van der Waals surface area (Å²) in [7, 11) is -2.90. The zero-order valence-corrected chi connectivity index (χ0v) is 7.58. The molecule has 0 aromatic carbocycles. The Bertz CT molecular complexity index is 355. The Kier molecular flexibility index (Phi) is 2.37. The van der Waals surface area contributed by atoms with Crippen LogP contribution in [0.4, 0.5) is 5.82 Å². The smallest absolute Gasteiger partial charge is 0.149 e. The van der Waals surface area contributed by atoms with Gasteiger partial charge in [0.1, 0.15) is 15.7 Å². The number of hydrogen-bond donors (Lipinski definition) is 1. The average Bonchev–Trinajstić information content (AvgIpc) is 2.30. The van der Waals surface area contributed by atoms with Crippen LogP contribution in [0.1, 0.15) is 0 Å². The molecule has 0 fully saturated rings. The van der Waals surface area contributed by atoms with Crippen molar-refractivity contribution in [1.29, 1.82) is 0 Å². The molecule has 0 unspecified atom stereocenters. The van der Waals surface area contributed by atoms with Crippen LogP contribution in [0.3, 0.4) is 0 Å². The summed E-state index contributed by atoms with van der Waals surface area (Å²) in [6.45, 7) is 0.406. The molecule has 0 amide bonds. The maximum atomic E-state index is 10.7. The van der Waals surface area contributed by atoms with E-state index in [1.807, 2.05) is 0 Å². The van der Waals surface area contributed by atoms with Gasteiger partial charge in [0.15, 0.2) is 0 Å². The summed E-state index contributed by atoms with van der Waals surface area (Å²) < 4.78 is 23.1. The molecule has 0 aliphatic heterocycles. The average molecular weight is 189 g/mol. The van der Waals surface area contributed by atoms with Crippen molar-refractivity contribution in [3.63, 3.8) is 0 Å². The molecule has 68 valence electrons. The van der Waals surface area contributed by atoms with E-state index in [4.69, 9.17) is 5.73 Å². The van der Waals surface area contributed by atoms with E-state index < -0.39 is 9.84 Å². The van der Waals surface area contributed by atoms with Gasteiger partial charge in [-0.15, -0.1) is 0 Å². The van der Waals surface area contributed by atoms with Crippen molar-refractivity contribution in [2.24, 2.45) is 0 Å². The van der Waals surface area contributed by atoms with Crippen LogP contribution in [0.5, 0.6) is 0 Å². The summed E-state index contributed by atoms with van der Waals surface area (Å²) >= 11 is 0. The van der Waals surface area contributed by atoms with Crippen LogP contribution in [0.25, 0.3) is 0 Å². The van der Waals surface area contributed by atoms with Crippen LogP contribution in [-0.4, -0.2) is 30.0 Å². The maximum absolute atomic E-state index is 10.7. The molecule has 6 heteroatoms. The van der Waals surface area contributed by atoms with Crippen molar-refractivity contribution in [3.05, 3.63) is 12.5 Å². The first-order chi connectivity index (χ1) is 5.47. The highest BCUT2D eigenvalue weighted by molar-refractivity contribution is 7.90. The second-order valence-corrected chi connectivity index (χ2v) is 4.93. The SMILES string of the molecule is CS(=O)(=O)CCn1cnc(N)c1. The quantitative estimate of drug-likeness (QED) is 0.696. The number of rotatable bonds is 3. The molecule has 12 heavy (non-hydrogen) atoms. The van der Waals surface area contributed by atoms with Gasteiger partial charge in [-0.2, -0.15) is 0 Å². The molecule has 0 aliphatic rings. The molecule has 0 atom stereocenters. The first kappa shape index (κ1) is 9.05. The van der Waals surface area contributed by atoms with Crippen LogP contribution in [-0.2, 0) is 16.4 Å². The van der Waals surface area contributed by atoms with Crippen LogP contribution in [0, 0.1) is 0 Å². The zero-order chi connectivity index (χ0) is 9.19. The molecular formula is C6H11N3O2S. The third-order valence-corrected chi connectivity index (χ3v) is 2.30. The summed E-state index contributed by atoms with van der Waals surface area (Å²) in [5.74, 6) is 0.520. The third-order valence-electron chi connectivity index (χ3n) is 1.37. The minimum atomic E-state index is -2.90. The predicted octanol–water partition coefficient (Wildman–Crippen LogP) is -0.490. The number of imidazole rings is 1. The highest BCUT2D eigenvalue weighted by Gasteiger charge is 2.02. The van der Waals surface area contributed by atoms with Gasteiger partial charge in [0.25, 0.3) is 0 Å². The topological polar surface area (TPSA) is 78.0 Å². The van der Waals surface area contributed by atoms with Crippen molar-refractivity contribution in [1.82, 2.24) is 9.55 Å². The molecule has 0 bridgehead atoms. The number of nitrogens with two attached hydrogens (primary N) is 1. The van der Waals surface area contributed by atoms with Gasteiger partial charge in [0.05, 0.1) is 12.1 Å². The molecule has 0 saturated carbocycles. The number of anilines is 1. The van der Waals surface area contributed by atoms with Gasteiger partial charge < -0.3 is 10.3 Å². The maximum Gasteiger partial charge on any atom is 0.149 e. The van der Waals surface area contributed by atoms with E-state index in [9.17, 15) is 8.42 Å². The van der Waals surface area contributed by atoms with Crippen molar-refractivity contribution < 1.29 is 8.42 Å². The van der Waals surface area contributed by atoms with Gasteiger partial charge in [-0.3, -0.25) is 0 Å².